The van der Waals surface area contributed by atoms with Crippen LogP contribution in [-0.2, 0) is 17.6 Å². The van der Waals surface area contributed by atoms with Crippen LogP contribution in [0, 0.1) is 0 Å². The molecular weight excluding hydrogens is 335 g/mol. The number of aliphatic hydroxyl groups is 1. The van der Waals surface area contributed by atoms with Crippen LogP contribution >= 0.6 is 9.39 Å². The SMILES string of the molecule is CC(C)(C)[Si](C)(C)OCc1ccc(CN(CC=NP)CCO)cc1. The molecular formula is C18H33N2O2PSi. The largest absolute Gasteiger partial charge is 0.413 e. The molecule has 0 bridgehead atoms. The lowest BCUT2D eigenvalue weighted by molar-refractivity contribution is 0.208. The molecule has 1 rings (SSSR count). The van der Waals surface area contributed by atoms with Crippen molar-refractivity contribution in [1.29, 1.82) is 0 Å². The van der Waals surface area contributed by atoms with Crippen LogP contribution in [0.4, 0.5) is 0 Å². The van der Waals surface area contributed by atoms with Gasteiger partial charge in [0.2, 0.25) is 0 Å². The summed E-state index contributed by atoms with van der Waals surface area (Å²) >= 11 is 0. The summed E-state index contributed by atoms with van der Waals surface area (Å²) in [5.41, 5.74) is 2.44. The number of aliphatic hydroxyl groups excluding tert-OH is 1. The van der Waals surface area contributed by atoms with E-state index >= 15 is 0 Å². The van der Waals surface area contributed by atoms with Crippen molar-refractivity contribution in [2.45, 2.75) is 52.1 Å². The first-order chi connectivity index (χ1) is 11.2. The molecule has 0 fully saturated rings. The molecule has 0 aliphatic heterocycles. The first-order valence-electron chi connectivity index (χ1n) is 8.46. The van der Waals surface area contributed by atoms with Gasteiger partial charge in [0.25, 0.3) is 0 Å². The molecule has 1 aromatic carbocycles. The van der Waals surface area contributed by atoms with Crippen molar-refractivity contribution in [3.63, 3.8) is 0 Å². The van der Waals surface area contributed by atoms with E-state index in [1.54, 1.807) is 0 Å². The summed E-state index contributed by atoms with van der Waals surface area (Å²) in [5, 5.41) is 9.40. The summed E-state index contributed by atoms with van der Waals surface area (Å²) in [7, 11) is 0.630. The monoisotopic (exact) mass is 368 g/mol. The molecule has 1 aromatic rings. The van der Waals surface area contributed by atoms with Crippen LogP contribution in [0.1, 0.15) is 31.9 Å². The van der Waals surface area contributed by atoms with Crippen LogP contribution < -0.4 is 0 Å². The van der Waals surface area contributed by atoms with Crippen LogP contribution in [0.15, 0.2) is 29.0 Å². The molecule has 0 saturated carbocycles. The van der Waals surface area contributed by atoms with Crippen LogP contribution in [-0.4, -0.2) is 44.2 Å². The number of benzene rings is 1. The van der Waals surface area contributed by atoms with E-state index in [0.29, 0.717) is 13.2 Å². The Kier molecular flexibility index (Phi) is 8.75. The summed E-state index contributed by atoms with van der Waals surface area (Å²) in [6, 6.07) is 8.58. The van der Waals surface area contributed by atoms with Crippen molar-refractivity contribution in [2.24, 2.45) is 4.76 Å². The molecule has 1 unspecified atom stereocenters. The highest BCUT2D eigenvalue weighted by atomic mass is 31.0. The molecule has 0 saturated heterocycles. The Labute approximate surface area is 150 Å². The number of nitrogens with zero attached hydrogens (tertiary/aromatic N) is 2. The number of rotatable bonds is 9. The van der Waals surface area contributed by atoms with E-state index in [1.807, 2.05) is 6.21 Å². The molecule has 6 heteroatoms. The number of hydrogen-bond acceptors (Lipinski definition) is 4. The lowest BCUT2D eigenvalue weighted by atomic mass is 10.1. The molecule has 136 valence electrons. The Bertz CT molecular complexity index is 513. The second-order valence-electron chi connectivity index (χ2n) is 7.66. The zero-order chi connectivity index (χ0) is 18.2. The number of hydrogen-bond donors (Lipinski definition) is 1. The summed E-state index contributed by atoms with van der Waals surface area (Å²) in [4.78, 5) is 2.16. The summed E-state index contributed by atoms with van der Waals surface area (Å²) in [6.07, 6.45) is 1.84. The maximum atomic E-state index is 9.17. The van der Waals surface area contributed by atoms with E-state index in [2.05, 4.69) is 77.2 Å². The van der Waals surface area contributed by atoms with Gasteiger partial charge in [0.1, 0.15) is 0 Å². The minimum atomic E-state index is -1.71. The Morgan fingerprint density at radius 3 is 2.29 bits per heavy atom. The fourth-order valence-corrected chi connectivity index (χ4v) is 3.07. The standard InChI is InChI=1S/C18H33N2O2PSi/c1-18(2,3)24(4,5)22-15-17-8-6-16(7-9-17)14-20(12-13-21)11-10-19-23/h6-10,21H,11-15,23H2,1-5H3. The van der Waals surface area contributed by atoms with Crippen LogP contribution in [0.2, 0.25) is 18.1 Å². The Hall–Kier alpha value is -0.583. The zero-order valence-corrected chi connectivity index (χ0v) is 17.9. The Balaban J connectivity index is 2.62. The van der Waals surface area contributed by atoms with E-state index in [1.165, 1.54) is 11.1 Å². The zero-order valence-electron chi connectivity index (χ0n) is 15.7. The van der Waals surface area contributed by atoms with Gasteiger partial charge in [-0.2, -0.15) is 0 Å². The second kappa shape index (κ2) is 9.78. The lowest BCUT2D eigenvalue weighted by Crippen LogP contribution is -2.40. The highest BCUT2D eigenvalue weighted by molar-refractivity contribution is 7.14. The molecule has 1 atom stereocenters. The third kappa shape index (κ3) is 7.12. The van der Waals surface area contributed by atoms with Gasteiger partial charge in [-0.05, 0) is 38.6 Å². The highest BCUT2D eigenvalue weighted by Gasteiger charge is 2.36. The third-order valence-corrected chi connectivity index (χ3v) is 9.39. The van der Waals surface area contributed by atoms with Crippen LogP contribution in [0.3, 0.4) is 0 Å². The van der Waals surface area contributed by atoms with Gasteiger partial charge in [-0.1, -0.05) is 45.0 Å². The minimum absolute atomic E-state index is 0.156. The van der Waals surface area contributed by atoms with E-state index < -0.39 is 8.32 Å². The summed E-state index contributed by atoms with van der Waals surface area (Å²) in [5.74, 6) is 0. The maximum absolute atomic E-state index is 9.17. The van der Waals surface area contributed by atoms with Crippen molar-refractivity contribution in [2.75, 3.05) is 19.7 Å². The second-order valence-corrected chi connectivity index (χ2v) is 12.8. The molecule has 24 heavy (non-hydrogen) atoms. The van der Waals surface area contributed by atoms with Gasteiger partial charge in [0, 0.05) is 25.8 Å². The third-order valence-electron chi connectivity index (χ3n) is 4.70. The van der Waals surface area contributed by atoms with Gasteiger partial charge in [-0.25, -0.2) is 0 Å². The molecule has 0 aliphatic carbocycles. The van der Waals surface area contributed by atoms with Crippen molar-refractivity contribution in [3.8, 4) is 0 Å². The molecule has 0 aromatic heterocycles. The topological polar surface area (TPSA) is 45.1 Å². The first kappa shape index (κ1) is 21.5. The van der Waals surface area contributed by atoms with Crippen LogP contribution in [0.5, 0.6) is 0 Å². The molecule has 0 radical (unpaired) electrons. The average molecular weight is 369 g/mol. The minimum Gasteiger partial charge on any atom is -0.413 e. The fourth-order valence-electron chi connectivity index (χ4n) is 2.02. The summed E-state index contributed by atoms with van der Waals surface area (Å²) < 4.78 is 10.2. The molecule has 0 amide bonds. The molecule has 0 aliphatic rings. The predicted octanol–water partition coefficient (Wildman–Crippen LogP) is 3.86. The summed E-state index contributed by atoms with van der Waals surface area (Å²) in [6.45, 7) is 14.4. The van der Waals surface area contributed by atoms with Gasteiger partial charge in [0.15, 0.2) is 8.32 Å². The maximum Gasteiger partial charge on any atom is 0.192 e. The fraction of sp³-hybridized carbons (Fsp3) is 0.611. The normalized spacial score (nSPS) is 13.2. The lowest BCUT2D eigenvalue weighted by Gasteiger charge is -2.36. The molecule has 0 spiro atoms. The average Bonchev–Trinajstić information content (AvgIpc) is 2.51. The first-order valence-corrected chi connectivity index (χ1v) is 11.9. The van der Waals surface area contributed by atoms with E-state index in [4.69, 9.17) is 9.53 Å². The van der Waals surface area contributed by atoms with Gasteiger partial charge >= 0.3 is 0 Å². The van der Waals surface area contributed by atoms with Crippen LogP contribution in [0.25, 0.3) is 0 Å². The van der Waals surface area contributed by atoms with Crippen molar-refractivity contribution in [3.05, 3.63) is 35.4 Å². The van der Waals surface area contributed by atoms with E-state index in [0.717, 1.165) is 13.1 Å². The van der Waals surface area contributed by atoms with E-state index in [9.17, 15) is 0 Å². The Morgan fingerprint density at radius 1 is 1.21 bits per heavy atom. The van der Waals surface area contributed by atoms with Gasteiger partial charge in [0.05, 0.1) is 13.2 Å². The molecule has 1 N–H and O–H groups in total. The quantitative estimate of drug-likeness (QED) is 0.409. The van der Waals surface area contributed by atoms with Crippen molar-refractivity contribution < 1.29 is 9.53 Å². The Morgan fingerprint density at radius 2 is 1.79 bits per heavy atom. The van der Waals surface area contributed by atoms with Gasteiger partial charge in [-0.3, -0.25) is 9.66 Å². The van der Waals surface area contributed by atoms with Gasteiger partial charge in [-0.15, -0.1) is 0 Å². The van der Waals surface area contributed by atoms with E-state index in [-0.39, 0.29) is 11.6 Å². The molecule has 0 heterocycles. The van der Waals surface area contributed by atoms with Gasteiger partial charge < -0.3 is 9.53 Å². The molecule has 4 nitrogen and oxygen atoms in total. The predicted molar refractivity (Wildman–Crippen MR) is 109 cm³/mol. The van der Waals surface area contributed by atoms with Crippen molar-refractivity contribution >= 4 is 23.9 Å². The smallest absolute Gasteiger partial charge is 0.192 e. The van der Waals surface area contributed by atoms with Crippen molar-refractivity contribution in [1.82, 2.24) is 4.90 Å². The highest BCUT2D eigenvalue weighted by Crippen LogP contribution is 2.37.